The number of guanidine groups is 3. The number of aliphatic imine (C=N–C) groups is 3. The number of carbonyl (C=O) groups is 10. The molecule has 2 aromatic carbocycles. The number of aliphatic carboxylic acids is 1. The number of benzene rings is 2. The Morgan fingerprint density at radius 2 is 1.37 bits per heavy atom. The van der Waals surface area contributed by atoms with Crippen molar-refractivity contribution in [3.05, 3.63) is 87.6 Å². The van der Waals surface area contributed by atoms with Gasteiger partial charge in [-0.25, -0.2) is 9.79 Å². The fraction of sp³-hybridized carbons (Fsp3) is 0.508. The number of nitrogens with zero attached hydrogens (tertiary/aromatic N) is 7. The highest BCUT2D eigenvalue weighted by molar-refractivity contribution is 7.09. The number of thiophene rings is 1. The van der Waals surface area contributed by atoms with Crippen LogP contribution in [0.1, 0.15) is 90.6 Å². The standard InChI is InChI=1S/C59H80N18O13S/c60-57(61)66-19-5-12-38(71-48(81)31-15-17-35(18-16-31)69-59(64)65)52(85)74-20-6-14-43(74)54(87)76-29-36(79)24-44(76)50(83)67-27-47(80)70-39(25-37-11-7-21-91-37)49(82)73-41(30-78)53(86)75-28-34-10-2-1-8-32(34)22-46(75)55(88)77-42-13-4-3-9-33(42)23-45(77)51(84)72-40(56(89)90)26-68-58(62)63/h1-2,7-8,10-11,15-18,21,33,36,38-46,78-79H,3-6,9,12-14,19-20,22-30H2,(H,67,83)(H,70,80)(H,71,81)(H,72,84)(H,73,82)(H,89,90)(H4,60,61,66)(H4,62,63,68)(H4,64,65,69). The maximum absolute atomic E-state index is 15.3. The lowest BCUT2D eigenvalue weighted by atomic mass is 9.84. The summed E-state index contributed by atoms with van der Waals surface area (Å²) in [6, 6.07) is 5.57. The number of likely N-dealkylation sites (tertiary alicyclic amines) is 3. The minimum absolute atomic E-state index is 0.00270. The van der Waals surface area contributed by atoms with E-state index in [1.165, 1.54) is 50.3 Å². The second-order valence-corrected chi connectivity index (χ2v) is 24.3. The Balaban J connectivity index is 0.936. The number of rotatable bonds is 25. The van der Waals surface area contributed by atoms with Crippen molar-refractivity contribution in [3.8, 4) is 0 Å². The third kappa shape index (κ3) is 17.1. The van der Waals surface area contributed by atoms with Gasteiger partial charge < -0.3 is 95.9 Å². The van der Waals surface area contributed by atoms with Crippen LogP contribution in [-0.2, 0) is 62.5 Å². The van der Waals surface area contributed by atoms with Gasteiger partial charge in [0.25, 0.3) is 5.91 Å². The molecule has 32 heteroatoms. The van der Waals surface area contributed by atoms with Crippen LogP contribution in [0.25, 0.3) is 0 Å². The van der Waals surface area contributed by atoms with Gasteiger partial charge in [-0.2, -0.15) is 0 Å². The number of aliphatic hydroxyl groups is 2. The average Bonchev–Trinajstić information content (AvgIpc) is 1.83. The third-order valence-corrected chi connectivity index (χ3v) is 17.9. The monoisotopic (exact) mass is 1280 g/mol. The zero-order valence-electron chi connectivity index (χ0n) is 50.1. The van der Waals surface area contributed by atoms with E-state index in [1.807, 2.05) is 6.07 Å². The van der Waals surface area contributed by atoms with Gasteiger partial charge in [0, 0.05) is 61.9 Å². The van der Waals surface area contributed by atoms with E-state index in [0.29, 0.717) is 35.4 Å². The molecule has 9 amide bonds. The molecule has 1 aliphatic carbocycles. The highest BCUT2D eigenvalue weighted by Gasteiger charge is 2.52. The van der Waals surface area contributed by atoms with Crippen molar-refractivity contribution in [3.63, 3.8) is 0 Å². The summed E-state index contributed by atoms with van der Waals surface area (Å²) >= 11 is 1.27. The fourth-order valence-corrected chi connectivity index (χ4v) is 13.4. The van der Waals surface area contributed by atoms with Gasteiger partial charge in [0.2, 0.25) is 47.3 Å². The Kier molecular flexibility index (Phi) is 22.9. The van der Waals surface area contributed by atoms with Crippen LogP contribution in [0.5, 0.6) is 0 Å². The first kappa shape index (κ1) is 67.5. The lowest BCUT2D eigenvalue weighted by Crippen LogP contribution is -2.63. The van der Waals surface area contributed by atoms with Crippen molar-refractivity contribution in [2.24, 2.45) is 55.3 Å². The first-order valence-electron chi connectivity index (χ1n) is 30.1. The number of amides is 9. The van der Waals surface area contributed by atoms with Crippen molar-refractivity contribution in [1.29, 1.82) is 0 Å². The number of carboxylic acids is 1. The van der Waals surface area contributed by atoms with Crippen LogP contribution >= 0.6 is 11.3 Å². The van der Waals surface area contributed by atoms with Crippen LogP contribution < -0.4 is 61.0 Å². The van der Waals surface area contributed by atoms with Gasteiger partial charge in [-0.1, -0.05) is 43.2 Å². The van der Waals surface area contributed by atoms with Gasteiger partial charge in [0.05, 0.1) is 31.5 Å². The van der Waals surface area contributed by atoms with Crippen molar-refractivity contribution < 1.29 is 63.3 Å². The molecule has 0 radical (unpaired) electrons. The molecular formula is C59H80N18O13S. The summed E-state index contributed by atoms with van der Waals surface area (Å²) in [6.45, 7) is -2.29. The molecule has 3 aromatic rings. The molecule has 490 valence electrons. The normalized spacial score (nSPS) is 22.1. The highest BCUT2D eigenvalue weighted by atomic mass is 32.1. The molecule has 3 saturated heterocycles. The summed E-state index contributed by atoms with van der Waals surface area (Å²) in [5.41, 5.74) is 34.9. The smallest absolute Gasteiger partial charge is 0.328 e. The molecule has 5 aliphatic rings. The predicted molar refractivity (Wildman–Crippen MR) is 332 cm³/mol. The molecule has 1 saturated carbocycles. The second-order valence-electron chi connectivity index (χ2n) is 23.2. The van der Waals surface area contributed by atoms with Crippen molar-refractivity contribution in [2.45, 2.75) is 144 Å². The van der Waals surface area contributed by atoms with E-state index in [4.69, 9.17) is 34.4 Å². The molecule has 20 N–H and O–H groups in total. The zero-order chi connectivity index (χ0) is 65.6. The fourth-order valence-electron chi connectivity index (χ4n) is 12.7. The molecule has 4 fully saturated rings. The van der Waals surface area contributed by atoms with Gasteiger partial charge in [-0.3, -0.25) is 53.1 Å². The Morgan fingerprint density at radius 3 is 2.05 bits per heavy atom. The summed E-state index contributed by atoms with van der Waals surface area (Å²) in [5.74, 6) is -8.85. The quantitative estimate of drug-likeness (QED) is 0.0219. The predicted octanol–water partition coefficient (Wildman–Crippen LogP) is -3.97. The molecule has 0 bridgehead atoms. The zero-order valence-corrected chi connectivity index (χ0v) is 50.9. The van der Waals surface area contributed by atoms with Gasteiger partial charge in [-0.15, -0.1) is 11.3 Å². The molecule has 1 aromatic heterocycles. The minimum Gasteiger partial charge on any atom is -0.480 e. The van der Waals surface area contributed by atoms with Crippen LogP contribution in [0.4, 0.5) is 5.69 Å². The molecule has 8 rings (SSSR count). The van der Waals surface area contributed by atoms with Gasteiger partial charge in [-0.05, 0) is 97.7 Å². The van der Waals surface area contributed by atoms with Gasteiger partial charge in [0.15, 0.2) is 17.9 Å². The number of hydrogen-bond donors (Lipinski definition) is 14. The molecule has 5 heterocycles. The molecule has 31 nitrogen and oxygen atoms in total. The topological polar surface area (TPSA) is 498 Å². The first-order valence-corrected chi connectivity index (χ1v) is 31.0. The lowest BCUT2D eigenvalue weighted by Gasteiger charge is -2.42. The summed E-state index contributed by atoms with van der Waals surface area (Å²) in [6.07, 6.45) is 2.51. The van der Waals surface area contributed by atoms with Crippen molar-refractivity contribution in [2.75, 3.05) is 39.3 Å². The highest BCUT2D eigenvalue weighted by Crippen LogP contribution is 2.41. The molecule has 91 heavy (non-hydrogen) atoms. The number of carboxylic acid groups (broad SMARTS) is 1. The lowest BCUT2D eigenvalue weighted by molar-refractivity contribution is -0.153. The van der Waals surface area contributed by atoms with Crippen LogP contribution in [0.15, 0.2) is 81.0 Å². The molecular weight excluding hydrogens is 1200 g/mol. The molecule has 11 atom stereocenters. The molecule has 0 spiro atoms. The summed E-state index contributed by atoms with van der Waals surface area (Å²) in [4.78, 5) is 159. The second kappa shape index (κ2) is 30.9. The minimum atomic E-state index is -1.67. The van der Waals surface area contributed by atoms with E-state index in [-0.39, 0.29) is 100 Å². The molecule has 11 unspecified atom stereocenters. The number of β-amino-alcohol motifs (C(OH)–C–C–N with tert-alkyl or cyclic N) is 1. The van der Waals surface area contributed by atoms with Crippen LogP contribution in [0, 0.1) is 5.92 Å². The van der Waals surface area contributed by atoms with E-state index in [9.17, 15) is 58.5 Å². The maximum Gasteiger partial charge on any atom is 0.328 e. The van der Waals surface area contributed by atoms with Crippen molar-refractivity contribution >= 4 is 94.0 Å². The Morgan fingerprint density at radius 1 is 0.659 bits per heavy atom. The molecule has 4 aliphatic heterocycles. The summed E-state index contributed by atoms with van der Waals surface area (Å²) < 4.78 is 0. The third-order valence-electron chi connectivity index (χ3n) is 17.0. The van der Waals surface area contributed by atoms with E-state index >= 15 is 4.79 Å². The number of carbonyl (C=O) groups excluding carboxylic acids is 9. The summed E-state index contributed by atoms with van der Waals surface area (Å²) in [7, 11) is 0. The van der Waals surface area contributed by atoms with Crippen molar-refractivity contribution in [1.82, 2.24) is 46.2 Å². The van der Waals surface area contributed by atoms with Gasteiger partial charge >= 0.3 is 5.97 Å². The Hall–Kier alpha value is -9.43. The average molecular weight is 1280 g/mol. The number of nitrogens with two attached hydrogens (primary N) is 6. The number of aliphatic hydroxyl groups excluding tert-OH is 2. The Bertz CT molecular complexity index is 3260. The van der Waals surface area contributed by atoms with Gasteiger partial charge in [0.1, 0.15) is 48.3 Å². The largest absolute Gasteiger partial charge is 0.480 e. The van der Waals surface area contributed by atoms with Crippen LogP contribution in [0.2, 0.25) is 0 Å². The maximum atomic E-state index is 15.3. The van der Waals surface area contributed by atoms with E-state index in [2.05, 4.69) is 41.6 Å². The summed E-state index contributed by atoms with van der Waals surface area (Å²) in [5, 5.41) is 46.5. The van der Waals surface area contributed by atoms with E-state index < -0.39 is 139 Å². The Labute approximate surface area is 527 Å². The number of hydrogen-bond acceptors (Lipinski definition) is 16. The first-order chi connectivity index (χ1) is 43.5. The number of fused-ring (bicyclic) bond motifs is 2. The number of nitrogens with one attached hydrogen (secondary N) is 5. The SMILES string of the molecule is NC(N)=NCCCC(NC(=O)c1ccc(N=C(N)N)cc1)C(=O)N1CCCC1C(=O)N1CC(O)CC1C(=O)NCC(=O)NC(Cc1cccs1)C(=O)NC(CO)C(=O)N1Cc2ccccc2CC1C(=O)N1C(C(=O)NC(CN=C(N)N)C(=O)O)CC2CCCCC21. The van der Waals surface area contributed by atoms with Crippen LogP contribution in [-0.4, -0.2) is 212 Å². The van der Waals surface area contributed by atoms with Crippen LogP contribution in [0.3, 0.4) is 0 Å². The van der Waals surface area contributed by atoms with E-state index in [1.54, 1.807) is 35.7 Å². The van der Waals surface area contributed by atoms with E-state index in [0.717, 1.165) is 23.3 Å².